The summed E-state index contributed by atoms with van der Waals surface area (Å²) in [5.74, 6) is 6.11. The van der Waals surface area contributed by atoms with Gasteiger partial charge in [0.25, 0.3) is 0 Å². The molecule has 0 radical (unpaired) electrons. The maximum Gasteiger partial charge on any atom is 0.0817 e. The van der Waals surface area contributed by atoms with Gasteiger partial charge in [-0.1, -0.05) is 6.92 Å². The fourth-order valence-corrected chi connectivity index (χ4v) is 2.33. The van der Waals surface area contributed by atoms with Crippen LogP contribution < -0.4 is 11.3 Å². The molecular formula is C11H24N2O2. The summed E-state index contributed by atoms with van der Waals surface area (Å²) in [5.41, 5.74) is 2.70. The van der Waals surface area contributed by atoms with Gasteiger partial charge in [-0.25, -0.2) is 0 Å². The van der Waals surface area contributed by atoms with Gasteiger partial charge < -0.3 is 9.47 Å². The molecular weight excluding hydrogens is 192 g/mol. The summed E-state index contributed by atoms with van der Waals surface area (Å²) in [6.45, 7) is 5.89. The molecule has 3 N–H and O–H groups in total. The smallest absolute Gasteiger partial charge is 0.0817 e. The van der Waals surface area contributed by atoms with Gasteiger partial charge in [-0.15, -0.1) is 0 Å². The van der Waals surface area contributed by atoms with E-state index in [4.69, 9.17) is 15.3 Å². The van der Waals surface area contributed by atoms with E-state index in [1.54, 1.807) is 7.11 Å². The van der Waals surface area contributed by atoms with Crippen LogP contribution in [0, 0.1) is 5.92 Å². The molecule has 0 saturated carbocycles. The van der Waals surface area contributed by atoms with Crippen LogP contribution in [-0.2, 0) is 9.47 Å². The summed E-state index contributed by atoms with van der Waals surface area (Å²) in [4.78, 5) is 0. The zero-order chi connectivity index (χ0) is 11.3. The molecule has 1 heterocycles. The Kier molecular flexibility index (Phi) is 4.99. The fourth-order valence-electron chi connectivity index (χ4n) is 2.33. The van der Waals surface area contributed by atoms with Crippen molar-refractivity contribution in [2.75, 3.05) is 20.3 Å². The Morgan fingerprint density at radius 2 is 2.40 bits per heavy atom. The summed E-state index contributed by atoms with van der Waals surface area (Å²) in [7, 11) is 1.75. The number of nitrogens with two attached hydrogens (primary N) is 1. The molecule has 4 heteroatoms. The minimum Gasteiger partial charge on any atom is -0.381 e. The molecule has 1 rings (SSSR count). The van der Waals surface area contributed by atoms with Gasteiger partial charge in [-0.3, -0.25) is 11.3 Å². The van der Waals surface area contributed by atoms with Crippen LogP contribution in [0.25, 0.3) is 0 Å². The molecule has 0 aromatic rings. The number of methoxy groups -OCH3 is 1. The predicted molar refractivity (Wildman–Crippen MR) is 60.4 cm³/mol. The molecule has 1 aliphatic rings. The molecule has 4 nitrogen and oxygen atoms in total. The van der Waals surface area contributed by atoms with E-state index in [9.17, 15) is 0 Å². The number of hydrazine groups is 1. The maximum absolute atomic E-state index is 5.66. The highest BCUT2D eigenvalue weighted by atomic mass is 16.5. The van der Waals surface area contributed by atoms with Crippen molar-refractivity contribution in [3.8, 4) is 0 Å². The molecule has 3 unspecified atom stereocenters. The molecule has 90 valence electrons. The van der Waals surface area contributed by atoms with E-state index < -0.39 is 0 Å². The van der Waals surface area contributed by atoms with Crippen molar-refractivity contribution in [3.63, 3.8) is 0 Å². The Hall–Kier alpha value is -0.160. The topological polar surface area (TPSA) is 56.5 Å². The van der Waals surface area contributed by atoms with Crippen molar-refractivity contribution in [2.45, 2.75) is 44.8 Å². The average molecular weight is 216 g/mol. The highest BCUT2D eigenvalue weighted by Crippen LogP contribution is 2.28. The summed E-state index contributed by atoms with van der Waals surface area (Å²) in [6, 6.07) is 0.160. The van der Waals surface area contributed by atoms with Crippen molar-refractivity contribution in [2.24, 2.45) is 11.8 Å². The van der Waals surface area contributed by atoms with E-state index in [1.165, 1.54) is 0 Å². The molecule has 3 atom stereocenters. The largest absolute Gasteiger partial charge is 0.381 e. The van der Waals surface area contributed by atoms with Crippen molar-refractivity contribution < 1.29 is 9.47 Å². The SMILES string of the molecule is CCC(C)(OC)C(NN)C1CCCOC1. The lowest BCUT2D eigenvalue weighted by atomic mass is 9.81. The normalized spacial score (nSPS) is 28.4. The molecule has 0 spiro atoms. The molecule has 0 aliphatic carbocycles. The fraction of sp³-hybridized carbons (Fsp3) is 1.00. The highest BCUT2D eigenvalue weighted by molar-refractivity contribution is 4.92. The molecule has 0 aromatic heterocycles. The number of hydrogen-bond donors (Lipinski definition) is 2. The number of ether oxygens (including phenoxy) is 2. The second-order valence-corrected chi connectivity index (χ2v) is 4.49. The standard InChI is InChI=1S/C11H24N2O2/c1-4-11(2,14-3)10(13-12)9-6-5-7-15-8-9/h9-10,13H,4-8,12H2,1-3H3. The summed E-state index contributed by atoms with van der Waals surface area (Å²) < 4.78 is 11.1. The zero-order valence-electron chi connectivity index (χ0n) is 10.1. The van der Waals surface area contributed by atoms with E-state index in [0.29, 0.717) is 5.92 Å². The molecule has 0 aromatic carbocycles. The minimum absolute atomic E-state index is 0.160. The lowest BCUT2D eigenvalue weighted by Gasteiger charge is -2.41. The Morgan fingerprint density at radius 1 is 1.67 bits per heavy atom. The zero-order valence-corrected chi connectivity index (χ0v) is 10.1. The van der Waals surface area contributed by atoms with Crippen LogP contribution in [0.5, 0.6) is 0 Å². The third-order valence-electron chi connectivity index (χ3n) is 3.67. The van der Waals surface area contributed by atoms with Crippen LogP contribution in [0.2, 0.25) is 0 Å². The van der Waals surface area contributed by atoms with Gasteiger partial charge in [0.2, 0.25) is 0 Å². The van der Waals surface area contributed by atoms with Crippen molar-refractivity contribution in [1.82, 2.24) is 5.43 Å². The molecule has 15 heavy (non-hydrogen) atoms. The van der Waals surface area contributed by atoms with E-state index in [-0.39, 0.29) is 11.6 Å². The Labute approximate surface area is 92.5 Å². The van der Waals surface area contributed by atoms with Crippen LogP contribution >= 0.6 is 0 Å². The Morgan fingerprint density at radius 3 is 2.80 bits per heavy atom. The monoisotopic (exact) mass is 216 g/mol. The molecule has 1 aliphatic heterocycles. The van der Waals surface area contributed by atoms with Crippen LogP contribution in [0.1, 0.15) is 33.1 Å². The molecule has 0 amide bonds. The quantitative estimate of drug-likeness (QED) is 0.533. The van der Waals surface area contributed by atoms with Crippen LogP contribution in [0.4, 0.5) is 0 Å². The van der Waals surface area contributed by atoms with E-state index in [0.717, 1.165) is 32.5 Å². The molecule has 1 fully saturated rings. The second-order valence-electron chi connectivity index (χ2n) is 4.49. The number of nitrogens with one attached hydrogen (secondary N) is 1. The predicted octanol–water partition coefficient (Wildman–Crippen LogP) is 1.06. The lowest BCUT2D eigenvalue weighted by molar-refractivity contribution is -0.0696. The van der Waals surface area contributed by atoms with Crippen molar-refractivity contribution in [1.29, 1.82) is 0 Å². The lowest BCUT2D eigenvalue weighted by Crippen LogP contribution is -2.57. The first-order valence-electron chi connectivity index (χ1n) is 5.77. The van der Waals surface area contributed by atoms with Gasteiger partial charge in [0.15, 0.2) is 0 Å². The van der Waals surface area contributed by atoms with Crippen LogP contribution in [-0.4, -0.2) is 32.0 Å². The van der Waals surface area contributed by atoms with E-state index in [2.05, 4.69) is 19.3 Å². The van der Waals surface area contributed by atoms with Gasteiger partial charge in [0, 0.05) is 19.6 Å². The van der Waals surface area contributed by atoms with Crippen LogP contribution in [0.15, 0.2) is 0 Å². The third kappa shape index (κ3) is 2.91. The van der Waals surface area contributed by atoms with Crippen LogP contribution in [0.3, 0.4) is 0 Å². The maximum atomic E-state index is 5.66. The first-order chi connectivity index (χ1) is 7.18. The van der Waals surface area contributed by atoms with Crippen molar-refractivity contribution in [3.05, 3.63) is 0 Å². The highest BCUT2D eigenvalue weighted by Gasteiger charge is 2.38. The second kappa shape index (κ2) is 5.80. The summed E-state index contributed by atoms with van der Waals surface area (Å²) in [5, 5.41) is 0. The Balaban J connectivity index is 2.67. The minimum atomic E-state index is -0.208. The van der Waals surface area contributed by atoms with E-state index in [1.807, 2.05) is 0 Å². The van der Waals surface area contributed by atoms with E-state index >= 15 is 0 Å². The van der Waals surface area contributed by atoms with Gasteiger partial charge in [0.1, 0.15) is 0 Å². The van der Waals surface area contributed by atoms with Gasteiger partial charge >= 0.3 is 0 Å². The number of hydrogen-bond acceptors (Lipinski definition) is 4. The van der Waals surface area contributed by atoms with Crippen molar-refractivity contribution >= 4 is 0 Å². The number of rotatable bonds is 5. The van der Waals surface area contributed by atoms with Gasteiger partial charge in [-0.2, -0.15) is 0 Å². The van der Waals surface area contributed by atoms with Gasteiger partial charge in [0.05, 0.1) is 18.2 Å². The Bertz CT molecular complexity index is 177. The third-order valence-corrected chi connectivity index (χ3v) is 3.67. The summed E-state index contributed by atoms with van der Waals surface area (Å²) in [6.07, 6.45) is 3.22. The summed E-state index contributed by atoms with van der Waals surface area (Å²) >= 11 is 0. The first kappa shape index (κ1) is 12.9. The first-order valence-corrected chi connectivity index (χ1v) is 5.77. The molecule has 1 saturated heterocycles. The molecule has 0 bridgehead atoms. The average Bonchev–Trinajstić information content (AvgIpc) is 2.31. The van der Waals surface area contributed by atoms with Gasteiger partial charge in [-0.05, 0) is 26.2 Å².